The van der Waals surface area contributed by atoms with E-state index in [1.807, 2.05) is 47.4 Å². The van der Waals surface area contributed by atoms with Gasteiger partial charge in [0.15, 0.2) is 0 Å². The molecule has 1 heterocycles. The highest BCUT2D eigenvalue weighted by Crippen LogP contribution is 2.19. The highest BCUT2D eigenvalue weighted by molar-refractivity contribution is 5.67. The van der Waals surface area contributed by atoms with Crippen LogP contribution in [0.4, 0.5) is 4.79 Å². The van der Waals surface area contributed by atoms with Crippen LogP contribution < -0.4 is 10.6 Å². The van der Waals surface area contributed by atoms with Crippen molar-refractivity contribution in [3.05, 3.63) is 54.6 Å². The fourth-order valence-corrected chi connectivity index (χ4v) is 2.65. The zero-order valence-electron chi connectivity index (χ0n) is 13.0. The number of ether oxygens (including phenoxy) is 1. The van der Waals surface area contributed by atoms with Gasteiger partial charge in [0, 0.05) is 37.6 Å². The van der Waals surface area contributed by atoms with Crippen LogP contribution in [0.1, 0.15) is 18.4 Å². The average molecular weight is 314 g/mol. The molecule has 0 radical (unpaired) electrons. The molecule has 0 spiro atoms. The van der Waals surface area contributed by atoms with Crippen molar-refractivity contribution >= 4 is 6.09 Å². The largest absolute Gasteiger partial charge is 0.445 e. The Labute approximate surface area is 135 Å². The van der Waals surface area contributed by atoms with Gasteiger partial charge in [0.05, 0.1) is 6.33 Å². The molecule has 1 aromatic heterocycles. The van der Waals surface area contributed by atoms with E-state index in [9.17, 15) is 4.79 Å². The van der Waals surface area contributed by atoms with E-state index in [0.717, 1.165) is 31.5 Å². The van der Waals surface area contributed by atoms with Crippen molar-refractivity contribution in [3.63, 3.8) is 0 Å². The number of benzene rings is 1. The normalized spacial score (nSPS) is 19.8. The Morgan fingerprint density at radius 1 is 1.26 bits per heavy atom. The summed E-state index contributed by atoms with van der Waals surface area (Å²) in [7, 11) is 0. The van der Waals surface area contributed by atoms with Crippen LogP contribution in [0.15, 0.2) is 49.1 Å². The minimum Gasteiger partial charge on any atom is -0.445 e. The highest BCUT2D eigenvalue weighted by Gasteiger charge is 2.30. The van der Waals surface area contributed by atoms with Crippen LogP contribution in [0.5, 0.6) is 0 Å². The number of carbonyl (C=O) groups excluding carboxylic acids is 1. The molecule has 1 fully saturated rings. The van der Waals surface area contributed by atoms with Gasteiger partial charge in [-0.25, -0.2) is 9.78 Å². The van der Waals surface area contributed by atoms with E-state index < -0.39 is 0 Å². The monoisotopic (exact) mass is 314 g/mol. The molecule has 122 valence electrons. The van der Waals surface area contributed by atoms with Gasteiger partial charge < -0.3 is 19.9 Å². The molecule has 1 saturated carbocycles. The third-order valence-corrected chi connectivity index (χ3v) is 4.04. The zero-order chi connectivity index (χ0) is 15.9. The van der Waals surface area contributed by atoms with Gasteiger partial charge in [0.25, 0.3) is 0 Å². The van der Waals surface area contributed by atoms with Gasteiger partial charge in [-0.2, -0.15) is 0 Å². The molecule has 1 aliphatic rings. The molecule has 3 rings (SSSR count). The van der Waals surface area contributed by atoms with Gasteiger partial charge in [-0.15, -0.1) is 0 Å². The molecule has 1 aromatic carbocycles. The summed E-state index contributed by atoms with van der Waals surface area (Å²) in [6, 6.07) is 10.4. The number of alkyl carbamates (subject to hydrolysis) is 1. The fourth-order valence-electron chi connectivity index (χ4n) is 2.65. The molecule has 6 heteroatoms. The fraction of sp³-hybridized carbons (Fsp3) is 0.412. The molecule has 1 aliphatic carbocycles. The maximum absolute atomic E-state index is 11.7. The molecule has 0 saturated heterocycles. The van der Waals surface area contributed by atoms with E-state index >= 15 is 0 Å². The lowest BCUT2D eigenvalue weighted by atomic mass is 9.87. The summed E-state index contributed by atoms with van der Waals surface area (Å²) in [5.74, 6) is 0. The minimum absolute atomic E-state index is 0.212. The van der Waals surface area contributed by atoms with Crippen molar-refractivity contribution in [2.75, 3.05) is 6.54 Å². The average Bonchev–Trinajstić information content (AvgIpc) is 3.05. The SMILES string of the molecule is O=C(NC1CC(NCCn2ccnc2)C1)OCc1ccccc1. The number of hydrogen-bond acceptors (Lipinski definition) is 4. The van der Waals surface area contributed by atoms with Crippen molar-refractivity contribution in [2.45, 2.75) is 38.1 Å². The van der Waals surface area contributed by atoms with E-state index in [2.05, 4.69) is 15.6 Å². The van der Waals surface area contributed by atoms with E-state index in [1.165, 1.54) is 0 Å². The molecule has 0 bridgehead atoms. The van der Waals surface area contributed by atoms with E-state index in [1.54, 1.807) is 6.20 Å². The Balaban J connectivity index is 1.25. The number of nitrogens with one attached hydrogen (secondary N) is 2. The lowest BCUT2D eigenvalue weighted by Crippen LogP contribution is -2.52. The summed E-state index contributed by atoms with van der Waals surface area (Å²) in [5, 5.41) is 6.38. The smallest absolute Gasteiger partial charge is 0.407 e. The quantitative estimate of drug-likeness (QED) is 0.819. The first-order chi connectivity index (χ1) is 11.3. The van der Waals surface area contributed by atoms with Gasteiger partial charge in [-0.05, 0) is 18.4 Å². The first-order valence-corrected chi connectivity index (χ1v) is 7.96. The second-order valence-electron chi connectivity index (χ2n) is 5.83. The topological polar surface area (TPSA) is 68.2 Å². The second-order valence-corrected chi connectivity index (χ2v) is 5.83. The first-order valence-electron chi connectivity index (χ1n) is 7.96. The third kappa shape index (κ3) is 4.82. The Morgan fingerprint density at radius 2 is 2.09 bits per heavy atom. The minimum atomic E-state index is -0.337. The first kappa shape index (κ1) is 15.6. The van der Waals surface area contributed by atoms with Gasteiger partial charge in [-0.3, -0.25) is 0 Å². The van der Waals surface area contributed by atoms with Crippen LogP contribution >= 0.6 is 0 Å². The molecule has 6 nitrogen and oxygen atoms in total. The summed E-state index contributed by atoms with van der Waals surface area (Å²) in [6.07, 6.45) is 7.11. The van der Waals surface area contributed by atoms with Gasteiger partial charge in [0.1, 0.15) is 6.61 Å². The third-order valence-electron chi connectivity index (χ3n) is 4.04. The van der Waals surface area contributed by atoms with Gasteiger partial charge in [0.2, 0.25) is 0 Å². The number of hydrogen-bond donors (Lipinski definition) is 2. The summed E-state index contributed by atoms with van der Waals surface area (Å²) in [5.41, 5.74) is 0.996. The predicted molar refractivity (Wildman–Crippen MR) is 86.8 cm³/mol. The van der Waals surface area contributed by atoms with Gasteiger partial charge in [-0.1, -0.05) is 30.3 Å². The van der Waals surface area contributed by atoms with Crippen molar-refractivity contribution < 1.29 is 9.53 Å². The highest BCUT2D eigenvalue weighted by atomic mass is 16.5. The van der Waals surface area contributed by atoms with Crippen molar-refractivity contribution in [3.8, 4) is 0 Å². The van der Waals surface area contributed by atoms with E-state index in [0.29, 0.717) is 12.6 Å². The van der Waals surface area contributed by atoms with E-state index in [-0.39, 0.29) is 12.1 Å². The number of carbonyl (C=O) groups is 1. The predicted octanol–water partition coefficient (Wildman–Crippen LogP) is 1.93. The van der Waals surface area contributed by atoms with Crippen LogP contribution in [0, 0.1) is 0 Å². The molecular formula is C17H22N4O2. The lowest BCUT2D eigenvalue weighted by Gasteiger charge is -2.36. The Hall–Kier alpha value is -2.34. The van der Waals surface area contributed by atoms with Crippen LogP contribution in [-0.4, -0.2) is 34.3 Å². The van der Waals surface area contributed by atoms with Crippen molar-refractivity contribution in [2.24, 2.45) is 0 Å². The molecule has 1 amide bonds. The standard InChI is InChI=1S/C17H22N4O2/c22-17(23-12-14-4-2-1-3-5-14)20-16-10-15(11-16)19-7-9-21-8-6-18-13-21/h1-6,8,13,15-16,19H,7,9-12H2,(H,20,22). The number of nitrogens with zero attached hydrogens (tertiary/aromatic N) is 2. The van der Waals surface area contributed by atoms with Crippen LogP contribution in [0.3, 0.4) is 0 Å². The maximum Gasteiger partial charge on any atom is 0.407 e. The van der Waals surface area contributed by atoms with Crippen LogP contribution in [0.2, 0.25) is 0 Å². The number of amides is 1. The number of rotatable bonds is 7. The Kier molecular flexibility index (Phi) is 5.26. The van der Waals surface area contributed by atoms with Crippen molar-refractivity contribution in [1.29, 1.82) is 0 Å². The molecule has 23 heavy (non-hydrogen) atoms. The summed E-state index contributed by atoms with van der Waals surface area (Å²) in [6.45, 7) is 2.13. The molecule has 0 aliphatic heterocycles. The molecular weight excluding hydrogens is 292 g/mol. The molecule has 0 atom stereocenters. The summed E-state index contributed by atoms with van der Waals surface area (Å²) in [4.78, 5) is 15.7. The summed E-state index contributed by atoms with van der Waals surface area (Å²) >= 11 is 0. The Bertz CT molecular complexity index is 594. The maximum atomic E-state index is 11.7. The molecule has 2 aromatic rings. The summed E-state index contributed by atoms with van der Waals surface area (Å²) < 4.78 is 7.26. The Morgan fingerprint density at radius 3 is 2.83 bits per heavy atom. The number of imidazole rings is 1. The van der Waals surface area contributed by atoms with Crippen LogP contribution in [0.25, 0.3) is 0 Å². The zero-order valence-corrected chi connectivity index (χ0v) is 13.0. The van der Waals surface area contributed by atoms with E-state index in [4.69, 9.17) is 4.74 Å². The van der Waals surface area contributed by atoms with Crippen molar-refractivity contribution in [1.82, 2.24) is 20.2 Å². The second kappa shape index (κ2) is 7.78. The lowest BCUT2D eigenvalue weighted by molar-refractivity contribution is 0.125. The molecule has 2 N–H and O–H groups in total. The molecule has 0 unspecified atom stereocenters. The van der Waals surface area contributed by atoms with Crippen LogP contribution in [-0.2, 0) is 17.9 Å². The number of aromatic nitrogens is 2. The van der Waals surface area contributed by atoms with Gasteiger partial charge >= 0.3 is 6.09 Å².